The maximum Gasteiger partial charge on any atom is 0.326 e. The van der Waals surface area contributed by atoms with Crippen LogP contribution in [0.2, 0.25) is 0 Å². The topological polar surface area (TPSA) is 95.9 Å². The number of phenols is 1. The molecule has 0 bridgehead atoms. The van der Waals surface area contributed by atoms with Crippen LogP contribution in [0.3, 0.4) is 0 Å². The average molecular weight is 346 g/mol. The van der Waals surface area contributed by atoms with E-state index >= 15 is 0 Å². The summed E-state index contributed by atoms with van der Waals surface area (Å²) in [6.07, 6.45) is 0.325. The molecule has 2 saturated heterocycles. The smallest absolute Gasteiger partial charge is 0.326 e. The van der Waals surface area contributed by atoms with Crippen LogP contribution in [0.5, 0.6) is 5.75 Å². The zero-order valence-electron chi connectivity index (χ0n) is 14.5. The Morgan fingerprint density at radius 1 is 1.24 bits per heavy atom. The highest BCUT2D eigenvalue weighted by Crippen LogP contribution is 2.50. The predicted molar refractivity (Wildman–Crippen MR) is 88.4 cm³/mol. The standard InChI is InChI=1S/C18H22N2O5/c1-4-18(17(24)25-3)13-12(15(22)20(5-2)16(13)23)14(19-18)10-6-8-11(21)9-7-10/h6-9,12-14,19,21H,4-5H2,1-3H3/t12-,13-,14-,18+/m0/s1. The van der Waals surface area contributed by atoms with Crippen LogP contribution >= 0.6 is 0 Å². The van der Waals surface area contributed by atoms with E-state index in [0.29, 0.717) is 6.42 Å². The van der Waals surface area contributed by atoms with E-state index in [1.807, 2.05) is 0 Å². The largest absolute Gasteiger partial charge is 0.508 e. The molecule has 0 aromatic heterocycles. The number of ether oxygens (including phenoxy) is 1. The molecular formula is C18H22N2O5. The van der Waals surface area contributed by atoms with Gasteiger partial charge < -0.3 is 9.84 Å². The number of hydrogen-bond donors (Lipinski definition) is 2. The van der Waals surface area contributed by atoms with Gasteiger partial charge >= 0.3 is 5.97 Å². The summed E-state index contributed by atoms with van der Waals surface area (Å²) in [6, 6.07) is 5.93. The summed E-state index contributed by atoms with van der Waals surface area (Å²) in [6.45, 7) is 3.81. The second-order valence-electron chi connectivity index (χ2n) is 6.45. The summed E-state index contributed by atoms with van der Waals surface area (Å²) in [4.78, 5) is 39.5. The van der Waals surface area contributed by atoms with E-state index in [2.05, 4.69) is 5.32 Å². The van der Waals surface area contributed by atoms with Gasteiger partial charge in [0.2, 0.25) is 11.8 Å². The minimum Gasteiger partial charge on any atom is -0.508 e. The van der Waals surface area contributed by atoms with Crippen molar-refractivity contribution >= 4 is 17.8 Å². The summed E-state index contributed by atoms with van der Waals surface area (Å²) in [5, 5.41) is 12.7. The van der Waals surface area contributed by atoms with E-state index in [1.54, 1.807) is 26.0 Å². The van der Waals surface area contributed by atoms with Gasteiger partial charge in [0, 0.05) is 12.6 Å². The molecule has 3 rings (SSSR count). The summed E-state index contributed by atoms with van der Waals surface area (Å²) in [5.41, 5.74) is -0.496. The Hall–Kier alpha value is -2.41. The van der Waals surface area contributed by atoms with Gasteiger partial charge in [0.1, 0.15) is 11.3 Å². The van der Waals surface area contributed by atoms with Gasteiger partial charge in [-0.05, 0) is 31.0 Å². The van der Waals surface area contributed by atoms with Crippen LogP contribution in [0.4, 0.5) is 0 Å². The van der Waals surface area contributed by atoms with Crippen molar-refractivity contribution < 1.29 is 24.2 Å². The van der Waals surface area contributed by atoms with E-state index in [9.17, 15) is 19.5 Å². The second-order valence-corrected chi connectivity index (χ2v) is 6.45. The number of likely N-dealkylation sites (tertiary alicyclic amines) is 1. The number of rotatable bonds is 4. The van der Waals surface area contributed by atoms with Crippen molar-refractivity contribution in [1.29, 1.82) is 0 Å². The second kappa shape index (κ2) is 6.15. The number of aromatic hydroxyl groups is 1. The number of esters is 1. The summed E-state index contributed by atoms with van der Waals surface area (Å²) in [5.74, 6) is -2.50. The quantitative estimate of drug-likeness (QED) is 0.623. The van der Waals surface area contributed by atoms with Crippen LogP contribution in [-0.4, -0.2) is 47.0 Å². The number of benzene rings is 1. The maximum absolute atomic E-state index is 12.9. The van der Waals surface area contributed by atoms with Crippen molar-refractivity contribution in [1.82, 2.24) is 10.2 Å². The van der Waals surface area contributed by atoms with E-state index in [0.717, 1.165) is 5.56 Å². The number of nitrogens with one attached hydrogen (secondary N) is 1. The van der Waals surface area contributed by atoms with Crippen LogP contribution in [0.1, 0.15) is 31.9 Å². The molecule has 4 atom stereocenters. The molecule has 2 amide bonds. The molecule has 0 aliphatic carbocycles. The fourth-order valence-corrected chi connectivity index (χ4v) is 4.18. The van der Waals surface area contributed by atoms with Gasteiger partial charge in [-0.2, -0.15) is 0 Å². The van der Waals surface area contributed by atoms with E-state index < -0.39 is 29.4 Å². The van der Waals surface area contributed by atoms with E-state index in [-0.39, 0.29) is 24.1 Å². The molecule has 2 fully saturated rings. The van der Waals surface area contributed by atoms with E-state index in [1.165, 1.54) is 24.1 Å². The molecule has 7 nitrogen and oxygen atoms in total. The minimum absolute atomic E-state index is 0.108. The zero-order valence-corrected chi connectivity index (χ0v) is 14.5. The number of fused-ring (bicyclic) bond motifs is 1. The van der Waals surface area contributed by atoms with Gasteiger partial charge in [-0.15, -0.1) is 0 Å². The molecular weight excluding hydrogens is 324 g/mol. The summed E-state index contributed by atoms with van der Waals surface area (Å²) < 4.78 is 4.97. The van der Waals surface area contributed by atoms with Crippen molar-refractivity contribution in [3.8, 4) is 5.75 Å². The average Bonchev–Trinajstić information content (AvgIpc) is 3.10. The lowest BCUT2D eigenvalue weighted by atomic mass is 9.78. The monoisotopic (exact) mass is 346 g/mol. The van der Waals surface area contributed by atoms with Gasteiger partial charge in [0.05, 0.1) is 18.9 Å². The van der Waals surface area contributed by atoms with Gasteiger partial charge in [-0.25, -0.2) is 0 Å². The lowest BCUT2D eigenvalue weighted by Gasteiger charge is -2.31. The summed E-state index contributed by atoms with van der Waals surface area (Å²) in [7, 11) is 1.28. The number of phenolic OH excluding ortho intramolecular Hbond substituents is 1. The Bertz CT molecular complexity index is 717. The molecule has 0 saturated carbocycles. The molecule has 1 aromatic carbocycles. The Morgan fingerprint density at radius 2 is 1.88 bits per heavy atom. The van der Waals surface area contributed by atoms with Crippen molar-refractivity contribution in [2.75, 3.05) is 13.7 Å². The van der Waals surface area contributed by atoms with E-state index in [4.69, 9.17) is 4.74 Å². The molecule has 0 spiro atoms. The zero-order chi connectivity index (χ0) is 18.4. The molecule has 2 heterocycles. The maximum atomic E-state index is 12.9. The Kier molecular flexibility index (Phi) is 4.28. The number of imide groups is 1. The van der Waals surface area contributed by atoms with Crippen LogP contribution < -0.4 is 5.32 Å². The molecule has 25 heavy (non-hydrogen) atoms. The first-order valence-corrected chi connectivity index (χ1v) is 8.41. The van der Waals surface area contributed by atoms with Crippen molar-refractivity contribution in [3.05, 3.63) is 29.8 Å². The Labute approximate surface area is 146 Å². The molecule has 134 valence electrons. The van der Waals surface area contributed by atoms with Crippen LogP contribution in [0, 0.1) is 11.8 Å². The fraction of sp³-hybridized carbons (Fsp3) is 0.500. The van der Waals surface area contributed by atoms with Crippen LogP contribution in [0.25, 0.3) is 0 Å². The Balaban J connectivity index is 2.13. The molecule has 2 aliphatic rings. The third-order valence-corrected chi connectivity index (χ3v) is 5.42. The molecule has 2 N–H and O–H groups in total. The molecule has 2 aliphatic heterocycles. The lowest BCUT2D eigenvalue weighted by Crippen LogP contribution is -2.55. The SMILES string of the molecule is CCN1C(=O)[C@H]2[C@@H](C1=O)[C@](CC)(C(=O)OC)N[C@H]2c1ccc(O)cc1. The minimum atomic E-state index is -1.24. The number of amides is 2. The molecule has 0 unspecified atom stereocenters. The summed E-state index contributed by atoms with van der Waals surface area (Å²) >= 11 is 0. The normalized spacial score (nSPS) is 31.3. The molecule has 7 heteroatoms. The first kappa shape index (κ1) is 17.4. The highest BCUT2D eigenvalue weighted by atomic mass is 16.5. The Morgan fingerprint density at radius 3 is 2.40 bits per heavy atom. The van der Waals surface area contributed by atoms with Gasteiger partial charge in [0.25, 0.3) is 0 Å². The molecule has 1 aromatic rings. The highest BCUT2D eigenvalue weighted by Gasteiger charge is 2.67. The van der Waals surface area contributed by atoms with Crippen molar-refractivity contribution in [3.63, 3.8) is 0 Å². The van der Waals surface area contributed by atoms with Gasteiger partial charge in [-0.1, -0.05) is 19.1 Å². The highest BCUT2D eigenvalue weighted by molar-refractivity contribution is 6.09. The van der Waals surface area contributed by atoms with Crippen molar-refractivity contribution in [2.45, 2.75) is 31.8 Å². The number of carbonyl (C=O) groups is 3. The van der Waals surface area contributed by atoms with Crippen LogP contribution in [-0.2, 0) is 19.1 Å². The number of carbonyl (C=O) groups excluding carboxylic acids is 3. The first-order chi connectivity index (χ1) is 11.9. The number of hydrogen-bond acceptors (Lipinski definition) is 6. The number of nitrogens with zero attached hydrogens (tertiary/aromatic N) is 1. The fourth-order valence-electron chi connectivity index (χ4n) is 4.18. The number of methoxy groups -OCH3 is 1. The predicted octanol–water partition coefficient (Wildman–Crippen LogP) is 0.979. The molecule has 0 radical (unpaired) electrons. The third-order valence-electron chi connectivity index (χ3n) is 5.42. The lowest BCUT2D eigenvalue weighted by molar-refractivity contribution is -0.154. The third kappa shape index (κ3) is 2.33. The first-order valence-electron chi connectivity index (χ1n) is 8.41. The van der Waals surface area contributed by atoms with Gasteiger partial charge in [0.15, 0.2) is 0 Å². The van der Waals surface area contributed by atoms with Gasteiger partial charge in [-0.3, -0.25) is 24.6 Å². The van der Waals surface area contributed by atoms with Crippen LogP contribution in [0.15, 0.2) is 24.3 Å². The van der Waals surface area contributed by atoms with Crippen molar-refractivity contribution in [2.24, 2.45) is 11.8 Å².